The molecule has 1 aliphatic rings. The van der Waals surface area contributed by atoms with Crippen molar-refractivity contribution < 1.29 is 14.3 Å². The molecule has 0 unspecified atom stereocenters. The zero-order chi connectivity index (χ0) is 29.1. The van der Waals surface area contributed by atoms with Gasteiger partial charge in [-0.3, -0.25) is 9.36 Å². The quantitative estimate of drug-likeness (QED) is 0.135. The number of fused-ring (bicyclic) bond motifs is 1. The zero-order valence-electron chi connectivity index (χ0n) is 21.6. The molecule has 1 aliphatic heterocycles. The van der Waals surface area contributed by atoms with Crippen LogP contribution in [-0.2, 0) is 9.53 Å². The van der Waals surface area contributed by atoms with E-state index in [1.807, 2.05) is 54.6 Å². The number of carbonyl (C=O) groups excluding carboxylic acids is 1. The first-order chi connectivity index (χ1) is 19.8. The van der Waals surface area contributed by atoms with Crippen LogP contribution in [0.5, 0.6) is 5.75 Å². The second kappa shape index (κ2) is 12.9. The maximum atomic E-state index is 14.1. The molecule has 1 atom stereocenters. The van der Waals surface area contributed by atoms with Crippen molar-refractivity contribution in [3.05, 3.63) is 121 Å². The molecule has 10 heteroatoms. The van der Waals surface area contributed by atoms with Gasteiger partial charge in [-0.2, -0.15) is 0 Å². The van der Waals surface area contributed by atoms with E-state index in [2.05, 4.69) is 51.1 Å². The standard InChI is InChI=1S/C31H21ClI2N2O4S/c1-3-14-40-28-20(15-22(33)17-23(28)34)16-24-29(37)36-27(19-10-12-21(32)13-11-19)25(30(38)39-4-2)26(35-31(36)41-24)18-8-6-5-7-9-18/h1,5-13,15-17,27H,4,14H2,2H3/b24-16-/t27-/m1/s1. The first-order valence-electron chi connectivity index (χ1n) is 12.4. The van der Waals surface area contributed by atoms with Crippen molar-refractivity contribution in [2.24, 2.45) is 4.99 Å². The van der Waals surface area contributed by atoms with Crippen LogP contribution in [0.4, 0.5) is 0 Å². The van der Waals surface area contributed by atoms with Gasteiger partial charge in [0.15, 0.2) is 4.80 Å². The summed E-state index contributed by atoms with van der Waals surface area (Å²) in [4.78, 5) is 33.0. The minimum atomic E-state index is -0.784. The Hall–Kier alpha value is -2.92. The van der Waals surface area contributed by atoms with Crippen LogP contribution in [-0.4, -0.2) is 23.8 Å². The molecule has 0 N–H and O–H groups in total. The third-order valence-electron chi connectivity index (χ3n) is 6.18. The lowest BCUT2D eigenvalue weighted by atomic mass is 9.93. The van der Waals surface area contributed by atoms with Crippen molar-refractivity contribution in [2.75, 3.05) is 13.2 Å². The number of nitrogens with zero attached hydrogens (tertiary/aromatic N) is 2. The highest BCUT2D eigenvalue weighted by Gasteiger charge is 2.35. The zero-order valence-corrected chi connectivity index (χ0v) is 27.5. The van der Waals surface area contributed by atoms with Crippen molar-refractivity contribution in [1.82, 2.24) is 4.57 Å². The van der Waals surface area contributed by atoms with Gasteiger partial charge in [0.05, 0.1) is 32.0 Å². The van der Waals surface area contributed by atoms with Crippen LogP contribution in [0.25, 0.3) is 11.8 Å². The van der Waals surface area contributed by atoms with Crippen LogP contribution in [0.3, 0.4) is 0 Å². The predicted molar refractivity (Wildman–Crippen MR) is 179 cm³/mol. The minimum absolute atomic E-state index is 0.0958. The van der Waals surface area contributed by atoms with E-state index in [1.54, 1.807) is 29.7 Å². The Balaban J connectivity index is 1.82. The molecule has 0 saturated heterocycles. The molecule has 206 valence electrons. The first-order valence-corrected chi connectivity index (χ1v) is 15.8. The number of thiazole rings is 1. The monoisotopic (exact) mass is 806 g/mol. The average Bonchev–Trinajstić information content (AvgIpc) is 3.27. The summed E-state index contributed by atoms with van der Waals surface area (Å²) in [5, 5.41) is 0.541. The Morgan fingerprint density at radius 3 is 2.59 bits per heavy atom. The van der Waals surface area contributed by atoms with Gasteiger partial charge in [0.25, 0.3) is 5.56 Å². The lowest BCUT2D eigenvalue weighted by Gasteiger charge is -2.26. The van der Waals surface area contributed by atoms with Gasteiger partial charge in [-0.05, 0) is 88.0 Å². The molecule has 6 nitrogen and oxygen atoms in total. The summed E-state index contributed by atoms with van der Waals surface area (Å²) in [6, 6.07) is 19.6. The van der Waals surface area contributed by atoms with Crippen LogP contribution in [0.2, 0.25) is 5.02 Å². The maximum absolute atomic E-state index is 14.1. The maximum Gasteiger partial charge on any atom is 0.338 e. The van der Waals surface area contributed by atoms with E-state index in [0.29, 0.717) is 31.4 Å². The molecule has 0 spiro atoms. The normalized spacial score (nSPS) is 14.7. The number of esters is 1. The number of aromatic nitrogens is 1. The summed E-state index contributed by atoms with van der Waals surface area (Å²) < 4.78 is 15.2. The van der Waals surface area contributed by atoms with Gasteiger partial charge in [0.2, 0.25) is 0 Å². The molecule has 1 aromatic heterocycles. The number of hydrogen-bond donors (Lipinski definition) is 0. The summed E-state index contributed by atoms with van der Waals surface area (Å²) in [5.41, 5.74) is 2.61. The second-order valence-electron chi connectivity index (χ2n) is 8.78. The Morgan fingerprint density at radius 2 is 1.90 bits per heavy atom. The van der Waals surface area contributed by atoms with Crippen molar-refractivity contribution in [3.8, 4) is 18.1 Å². The molecule has 3 aromatic carbocycles. The molecular weight excluding hydrogens is 786 g/mol. The van der Waals surface area contributed by atoms with Gasteiger partial charge in [-0.15, -0.1) is 6.42 Å². The molecular formula is C31H21ClI2N2O4S. The SMILES string of the molecule is C#CCOc1c(I)cc(I)cc1/C=c1\sc2n(c1=O)[C@H](c1ccc(Cl)cc1)C(C(=O)OCC)=C(c1ccccc1)N=2. The highest BCUT2D eigenvalue weighted by molar-refractivity contribution is 14.1. The van der Waals surface area contributed by atoms with Crippen molar-refractivity contribution >= 4 is 85.9 Å². The van der Waals surface area contributed by atoms with Crippen LogP contribution >= 0.6 is 68.1 Å². The third kappa shape index (κ3) is 6.16. The summed E-state index contributed by atoms with van der Waals surface area (Å²) in [6.07, 6.45) is 7.23. The number of rotatable bonds is 7. The Morgan fingerprint density at radius 1 is 1.17 bits per heavy atom. The number of benzene rings is 3. The molecule has 5 rings (SSSR count). The van der Waals surface area contributed by atoms with Crippen molar-refractivity contribution in [2.45, 2.75) is 13.0 Å². The summed E-state index contributed by atoms with van der Waals surface area (Å²) >= 11 is 11.9. The largest absolute Gasteiger partial charge is 0.479 e. The molecule has 0 radical (unpaired) electrons. The summed E-state index contributed by atoms with van der Waals surface area (Å²) in [6.45, 7) is 2.02. The second-order valence-corrected chi connectivity index (χ2v) is 12.6. The fourth-order valence-electron chi connectivity index (χ4n) is 4.50. The van der Waals surface area contributed by atoms with E-state index in [-0.39, 0.29) is 24.3 Å². The van der Waals surface area contributed by atoms with Gasteiger partial charge in [-0.1, -0.05) is 71.3 Å². The van der Waals surface area contributed by atoms with Gasteiger partial charge in [0.1, 0.15) is 12.4 Å². The number of halogens is 3. The van der Waals surface area contributed by atoms with E-state index in [9.17, 15) is 9.59 Å². The lowest BCUT2D eigenvalue weighted by molar-refractivity contribution is -0.138. The van der Waals surface area contributed by atoms with Gasteiger partial charge >= 0.3 is 5.97 Å². The molecule has 0 aliphatic carbocycles. The van der Waals surface area contributed by atoms with Gasteiger partial charge < -0.3 is 9.47 Å². The van der Waals surface area contributed by atoms with E-state index in [4.69, 9.17) is 32.5 Å². The highest BCUT2D eigenvalue weighted by Crippen LogP contribution is 2.35. The Bertz CT molecular complexity index is 1890. The predicted octanol–water partition coefficient (Wildman–Crippen LogP) is 5.81. The number of terminal acetylenes is 1. The molecule has 0 saturated carbocycles. The highest BCUT2D eigenvalue weighted by atomic mass is 127. The molecule has 4 aromatic rings. The molecule has 0 amide bonds. The third-order valence-corrected chi connectivity index (χ3v) is 8.84. The topological polar surface area (TPSA) is 69.9 Å². The van der Waals surface area contributed by atoms with Crippen molar-refractivity contribution in [1.29, 1.82) is 0 Å². The Kier molecular flexibility index (Phi) is 9.33. The molecule has 41 heavy (non-hydrogen) atoms. The smallest absolute Gasteiger partial charge is 0.338 e. The molecule has 0 fully saturated rings. The summed E-state index contributed by atoms with van der Waals surface area (Å²) in [7, 11) is 0. The number of ether oxygens (including phenoxy) is 2. The van der Waals surface area contributed by atoms with Crippen LogP contribution < -0.4 is 19.6 Å². The molecule has 0 bridgehead atoms. The van der Waals surface area contributed by atoms with Crippen LogP contribution in [0, 0.1) is 19.5 Å². The van der Waals surface area contributed by atoms with Gasteiger partial charge in [0, 0.05) is 19.7 Å². The first kappa shape index (κ1) is 29.6. The number of carbonyl (C=O) groups is 1. The van der Waals surface area contributed by atoms with E-state index in [0.717, 1.165) is 18.3 Å². The lowest BCUT2D eigenvalue weighted by Crippen LogP contribution is -2.40. The van der Waals surface area contributed by atoms with Gasteiger partial charge in [-0.25, -0.2) is 9.79 Å². The average molecular weight is 807 g/mol. The fraction of sp³-hybridized carbons (Fsp3) is 0.129. The van der Waals surface area contributed by atoms with Crippen LogP contribution in [0.1, 0.15) is 29.7 Å². The number of hydrogen-bond acceptors (Lipinski definition) is 6. The summed E-state index contributed by atoms with van der Waals surface area (Å²) in [5.74, 6) is 2.55. The van der Waals surface area contributed by atoms with E-state index >= 15 is 0 Å². The minimum Gasteiger partial charge on any atom is -0.479 e. The fourth-order valence-corrected chi connectivity index (χ4v) is 7.66. The van der Waals surface area contributed by atoms with E-state index < -0.39 is 12.0 Å². The van der Waals surface area contributed by atoms with Crippen LogP contribution in [0.15, 0.2) is 82.1 Å². The van der Waals surface area contributed by atoms with E-state index in [1.165, 1.54) is 11.3 Å². The van der Waals surface area contributed by atoms with Crippen molar-refractivity contribution in [3.63, 3.8) is 0 Å². The molecule has 2 heterocycles. The Labute approximate surface area is 272 Å².